The number of aliphatic carboxylic acids is 1. The highest BCUT2D eigenvalue weighted by Crippen LogP contribution is 2.01. The first kappa shape index (κ1) is 7.46. The highest BCUT2D eigenvalue weighted by Gasteiger charge is 2.08. The smallest absolute Gasteiger partial charge is 0.331 e. The second-order valence-corrected chi connectivity index (χ2v) is 1.92. The van der Waals surface area contributed by atoms with Crippen LogP contribution in [0, 0.1) is 0 Å². The standard InChI is InChI=1S/C6H6N2O3/c1-4(6(9)10)2-5-7-3-8-11-5/h3H,1-2H2,(H,9,10). The first-order valence-electron chi connectivity index (χ1n) is 2.87. The zero-order valence-electron chi connectivity index (χ0n) is 5.65. The van der Waals surface area contributed by atoms with E-state index in [1.54, 1.807) is 0 Å². The molecule has 0 fully saturated rings. The number of aromatic nitrogens is 2. The Morgan fingerprint density at radius 2 is 2.55 bits per heavy atom. The molecule has 0 spiro atoms. The van der Waals surface area contributed by atoms with Crippen LogP contribution in [0.5, 0.6) is 0 Å². The van der Waals surface area contributed by atoms with Crippen molar-refractivity contribution in [1.82, 2.24) is 10.1 Å². The summed E-state index contributed by atoms with van der Waals surface area (Å²) in [6.07, 6.45) is 1.31. The monoisotopic (exact) mass is 154 g/mol. The largest absolute Gasteiger partial charge is 0.478 e. The van der Waals surface area contributed by atoms with E-state index < -0.39 is 5.97 Å². The summed E-state index contributed by atoms with van der Waals surface area (Å²) in [6.45, 7) is 3.30. The normalized spacial score (nSPS) is 9.45. The molecule has 58 valence electrons. The zero-order valence-corrected chi connectivity index (χ0v) is 5.65. The number of nitrogens with zero attached hydrogens (tertiary/aromatic N) is 2. The molecule has 1 aromatic rings. The number of rotatable bonds is 3. The van der Waals surface area contributed by atoms with Gasteiger partial charge in [-0.15, -0.1) is 0 Å². The molecule has 0 aliphatic carbocycles. The molecule has 1 N–H and O–H groups in total. The van der Waals surface area contributed by atoms with Crippen molar-refractivity contribution in [2.45, 2.75) is 6.42 Å². The maximum atomic E-state index is 10.2. The molecule has 0 saturated heterocycles. The number of carboxylic acid groups (broad SMARTS) is 1. The number of carboxylic acids is 1. The van der Waals surface area contributed by atoms with Gasteiger partial charge < -0.3 is 9.63 Å². The highest BCUT2D eigenvalue weighted by molar-refractivity contribution is 5.86. The number of hydrogen-bond acceptors (Lipinski definition) is 4. The Morgan fingerprint density at radius 3 is 3.00 bits per heavy atom. The lowest BCUT2D eigenvalue weighted by Crippen LogP contribution is -2.02. The predicted molar refractivity (Wildman–Crippen MR) is 34.8 cm³/mol. The van der Waals surface area contributed by atoms with Crippen LogP contribution in [0.25, 0.3) is 0 Å². The fourth-order valence-corrected chi connectivity index (χ4v) is 0.532. The third-order valence-corrected chi connectivity index (χ3v) is 1.07. The van der Waals surface area contributed by atoms with E-state index in [0.717, 1.165) is 0 Å². The molecule has 0 aliphatic rings. The summed E-state index contributed by atoms with van der Waals surface area (Å²) in [4.78, 5) is 13.9. The van der Waals surface area contributed by atoms with Crippen LogP contribution in [0.2, 0.25) is 0 Å². The van der Waals surface area contributed by atoms with Gasteiger partial charge in [-0.2, -0.15) is 4.98 Å². The molecular formula is C6H6N2O3. The van der Waals surface area contributed by atoms with Crippen molar-refractivity contribution in [3.63, 3.8) is 0 Å². The second-order valence-electron chi connectivity index (χ2n) is 1.92. The molecule has 0 amide bonds. The van der Waals surface area contributed by atoms with E-state index in [0.29, 0.717) is 0 Å². The van der Waals surface area contributed by atoms with E-state index in [1.807, 2.05) is 0 Å². The van der Waals surface area contributed by atoms with Crippen molar-refractivity contribution < 1.29 is 14.4 Å². The molecule has 0 radical (unpaired) electrons. The summed E-state index contributed by atoms with van der Waals surface area (Å²) in [7, 11) is 0. The summed E-state index contributed by atoms with van der Waals surface area (Å²) in [5.41, 5.74) is 0.0363. The van der Waals surface area contributed by atoms with Crippen molar-refractivity contribution in [3.05, 3.63) is 24.4 Å². The minimum Gasteiger partial charge on any atom is -0.478 e. The van der Waals surface area contributed by atoms with Crippen LogP contribution in [0.4, 0.5) is 0 Å². The molecule has 11 heavy (non-hydrogen) atoms. The lowest BCUT2D eigenvalue weighted by atomic mass is 10.2. The Labute approximate surface area is 62.3 Å². The Bertz CT molecular complexity index is 265. The maximum Gasteiger partial charge on any atom is 0.331 e. The van der Waals surface area contributed by atoms with E-state index in [2.05, 4.69) is 21.2 Å². The SMILES string of the molecule is C=C(Cc1ncno1)C(=O)O. The van der Waals surface area contributed by atoms with Gasteiger partial charge in [-0.25, -0.2) is 4.79 Å². The Hall–Kier alpha value is -1.65. The molecule has 1 rings (SSSR count). The minimum absolute atomic E-state index is 0.0363. The van der Waals surface area contributed by atoms with Crippen LogP contribution in [-0.2, 0) is 11.2 Å². The number of carbonyl (C=O) groups is 1. The van der Waals surface area contributed by atoms with Gasteiger partial charge in [-0.05, 0) is 0 Å². The van der Waals surface area contributed by atoms with Gasteiger partial charge in [0.05, 0.1) is 6.42 Å². The zero-order chi connectivity index (χ0) is 8.27. The number of hydrogen-bond donors (Lipinski definition) is 1. The van der Waals surface area contributed by atoms with E-state index in [4.69, 9.17) is 5.11 Å². The summed E-state index contributed by atoms with van der Waals surface area (Å²) in [5.74, 6) is -0.791. The van der Waals surface area contributed by atoms with Gasteiger partial charge in [0.1, 0.15) is 0 Å². The fraction of sp³-hybridized carbons (Fsp3) is 0.167. The first-order valence-corrected chi connectivity index (χ1v) is 2.87. The maximum absolute atomic E-state index is 10.2. The first-order chi connectivity index (χ1) is 5.20. The van der Waals surface area contributed by atoms with Crippen LogP contribution in [0.3, 0.4) is 0 Å². The quantitative estimate of drug-likeness (QED) is 0.631. The molecule has 1 heterocycles. The Morgan fingerprint density at radius 1 is 1.82 bits per heavy atom. The Kier molecular flexibility index (Phi) is 2.00. The van der Waals surface area contributed by atoms with E-state index in [-0.39, 0.29) is 17.9 Å². The summed E-state index contributed by atoms with van der Waals surface area (Å²) in [5, 5.41) is 11.7. The van der Waals surface area contributed by atoms with Crippen molar-refractivity contribution in [2.24, 2.45) is 0 Å². The third-order valence-electron chi connectivity index (χ3n) is 1.07. The van der Waals surface area contributed by atoms with Crippen LogP contribution < -0.4 is 0 Å². The van der Waals surface area contributed by atoms with E-state index in [1.165, 1.54) is 6.33 Å². The summed E-state index contributed by atoms with van der Waals surface area (Å²) >= 11 is 0. The van der Waals surface area contributed by atoms with Crippen molar-refractivity contribution in [2.75, 3.05) is 0 Å². The van der Waals surface area contributed by atoms with Gasteiger partial charge in [0.15, 0.2) is 6.33 Å². The molecule has 5 nitrogen and oxygen atoms in total. The topological polar surface area (TPSA) is 76.2 Å². The summed E-state index contributed by atoms with van der Waals surface area (Å²) in [6, 6.07) is 0. The minimum atomic E-state index is -1.05. The second kappa shape index (κ2) is 2.96. The molecule has 0 saturated carbocycles. The van der Waals surface area contributed by atoms with Gasteiger partial charge >= 0.3 is 5.97 Å². The third kappa shape index (κ3) is 1.89. The molecule has 0 bridgehead atoms. The van der Waals surface area contributed by atoms with Crippen LogP contribution in [0.1, 0.15) is 5.89 Å². The average Bonchev–Trinajstić information content (AvgIpc) is 2.39. The van der Waals surface area contributed by atoms with E-state index in [9.17, 15) is 4.79 Å². The predicted octanol–water partition coefficient (Wildman–Crippen LogP) is 0.253. The fourth-order valence-electron chi connectivity index (χ4n) is 0.532. The van der Waals surface area contributed by atoms with Gasteiger partial charge in [-0.3, -0.25) is 0 Å². The van der Waals surface area contributed by atoms with Gasteiger partial charge in [-0.1, -0.05) is 11.7 Å². The molecule has 5 heteroatoms. The van der Waals surface area contributed by atoms with Crippen LogP contribution in [-0.4, -0.2) is 21.2 Å². The van der Waals surface area contributed by atoms with Gasteiger partial charge in [0.2, 0.25) is 5.89 Å². The molecule has 0 aromatic carbocycles. The van der Waals surface area contributed by atoms with E-state index >= 15 is 0 Å². The van der Waals surface area contributed by atoms with Crippen molar-refractivity contribution >= 4 is 5.97 Å². The molecule has 0 unspecified atom stereocenters. The lowest BCUT2D eigenvalue weighted by molar-refractivity contribution is -0.132. The molecule has 0 aliphatic heterocycles. The lowest BCUT2D eigenvalue weighted by Gasteiger charge is -1.91. The molecule has 1 aromatic heterocycles. The van der Waals surface area contributed by atoms with Crippen LogP contribution in [0.15, 0.2) is 23.0 Å². The summed E-state index contributed by atoms with van der Waals surface area (Å²) < 4.78 is 4.57. The average molecular weight is 154 g/mol. The highest BCUT2D eigenvalue weighted by atomic mass is 16.5. The van der Waals surface area contributed by atoms with Crippen molar-refractivity contribution in [1.29, 1.82) is 0 Å². The van der Waals surface area contributed by atoms with Crippen LogP contribution >= 0.6 is 0 Å². The van der Waals surface area contributed by atoms with Gasteiger partial charge in [0, 0.05) is 5.57 Å². The van der Waals surface area contributed by atoms with Crippen molar-refractivity contribution in [3.8, 4) is 0 Å². The Balaban J connectivity index is 2.57. The molecule has 0 atom stereocenters. The van der Waals surface area contributed by atoms with Gasteiger partial charge in [0.25, 0.3) is 0 Å². The molecular weight excluding hydrogens is 148 g/mol.